The first-order chi connectivity index (χ1) is 8.75. The predicted molar refractivity (Wildman–Crippen MR) is 66.5 cm³/mol. The summed E-state index contributed by atoms with van der Waals surface area (Å²) in [5.41, 5.74) is 0.183. The highest BCUT2D eigenvalue weighted by Crippen LogP contribution is 2.23. The van der Waals surface area contributed by atoms with Gasteiger partial charge in [0.2, 0.25) is 0 Å². The van der Waals surface area contributed by atoms with Gasteiger partial charge < -0.3 is 14.3 Å². The van der Waals surface area contributed by atoms with Crippen LogP contribution in [0, 0.1) is 5.92 Å². The number of aromatic carboxylic acids is 1. The summed E-state index contributed by atoms with van der Waals surface area (Å²) in [7, 11) is 0. The Hall–Kier alpha value is -1.29. The Morgan fingerprint density at radius 3 is 2.67 bits per heavy atom. The van der Waals surface area contributed by atoms with E-state index >= 15 is 0 Å². The zero-order valence-electron chi connectivity index (χ0n) is 10.6. The highest BCUT2D eigenvalue weighted by atomic mass is 16.5. The zero-order chi connectivity index (χ0) is 12.8. The van der Waals surface area contributed by atoms with Crippen LogP contribution in [0.4, 0.5) is 0 Å². The molecule has 2 rings (SSSR count). The SMILES string of the molecule is O=C(O)c1coc(COCC2CCCCCC2)c1. The maximum atomic E-state index is 10.7. The molecule has 1 heterocycles. The molecule has 100 valence electrons. The summed E-state index contributed by atoms with van der Waals surface area (Å²) in [5.74, 6) is 0.274. The highest BCUT2D eigenvalue weighted by molar-refractivity contribution is 5.87. The van der Waals surface area contributed by atoms with Crippen LogP contribution in [-0.2, 0) is 11.3 Å². The lowest BCUT2D eigenvalue weighted by Gasteiger charge is -2.13. The van der Waals surface area contributed by atoms with Crippen LogP contribution in [-0.4, -0.2) is 17.7 Å². The summed E-state index contributed by atoms with van der Waals surface area (Å²) < 4.78 is 10.8. The third-order valence-corrected chi connectivity index (χ3v) is 3.47. The van der Waals surface area contributed by atoms with Crippen molar-refractivity contribution in [3.8, 4) is 0 Å². The van der Waals surface area contributed by atoms with Crippen molar-refractivity contribution in [3.63, 3.8) is 0 Å². The fourth-order valence-corrected chi connectivity index (χ4v) is 2.43. The average molecular weight is 252 g/mol. The molecule has 0 saturated heterocycles. The Labute approximate surface area is 107 Å². The van der Waals surface area contributed by atoms with Crippen molar-refractivity contribution in [1.29, 1.82) is 0 Å². The average Bonchev–Trinajstić information content (AvgIpc) is 2.67. The lowest BCUT2D eigenvalue weighted by atomic mass is 10.0. The van der Waals surface area contributed by atoms with Crippen molar-refractivity contribution in [2.45, 2.75) is 45.1 Å². The molecular formula is C14H20O4. The first-order valence-corrected chi connectivity index (χ1v) is 6.64. The third kappa shape index (κ3) is 3.88. The monoisotopic (exact) mass is 252 g/mol. The maximum Gasteiger partial charge on any atom is 0.338 e. The normalized spacial score (nSPS) is 17.6. The molecule has 1 saturated carbocycles. The molecule has 0 bridgehead atoms. The lowest BCUT2D eigenvalue weighted by Crippen LogP contribution is -2.08. The van der Waals surface area contributed by atoms with Crippen molar-refractivity contribution < 1.29 is 19.1 Å². The van der Waals surface area contributed by atoms with Gasteiger partial charge in [-0.05, 0) is 24.8 Å². The number of rotatable bonds is 5. The van der Waals surface area contributed by atoms with Crippen LogP contribution in [0.1, 0.15) is 54.6 Å². The van der Waals surface area contributed by atoms with E-state index in [9.17, 15) is 4.79 Å². The molecule has 18 heavy (non-hydrogen) atoms. The van der Waals surface area contributed by atoms with Crippen LogP contribution in [0.25, 0.3) is 0 Å². The van der Waals surface area contributed by atoms with Gasteiger partial charge in [0.15, 0.2) is 0 Å². The number of furan rings is 1. The summed E-state index contributed by atoms with van der Waals surface area (Å²) in [5, 5.41) is 8.76. The molecule has 1 aliphatic rings. The molecule has 0 aromatic carbocycles. The van der Waals surface area contributed by atoms with Gasteiger partial charge in [-0.3, -0.25) is 0 Å². The summed E-state index contributed by atoms with van der Waals surface area (Å²) in [6, 6.07) is 1.52. The largest absolute Gasteiger partial charge is 0.478 e. The van der Waals surface area contributed by atoms with Gasteiger partial charge in [-0.2, -0.15) is 0 Å². The summed E-state index contributed by atoms with van der Waals surface area (Å²) in [6.45, 7) is 1.12. The minimum Gasteiger partial charge on any atom is -0.478 e. The second-order valence-electron chi connectivity index (χ2n) is 4.98. The molecule has 0 amide bonds. The third-order valence-electron chi connectivity index (χ3n) is 3.47. The van der Waals surface area contributed by atoms with E-state index in [4.69, 9.17) is 14.3 Å². The summed E-state index contributed by atoms with van der Waals surface area (Å²) in [4.78, 5) is 10.7. The number of hydrogen-bond acceptors (Lipinski definition) is 3. The van der Waals surface area contributed by atoms with Gasteiger partial charge in [0, 0.05) is 6.61 Å². The van der Waals surface area contributed by atoms with Crippen molar-refractivity contribution >= 4 is 5.97 Å². The van der Waals surface area contributed by atoms with Crippen LogP contribution in [0.15, 0.2) is 16.7 Å². The highest BCUT2D eigenvalue weighted by Gasteiger charge is 2.13. The second kappa shape index (κ2) is 6.59. The van der Waals surface area contributed by atoms with Crippen molar-refractivity contribution in [2.75, 3.05) is 6.61 Å². The molecule has 4 heteroatoms. The van der Waals surface area contributed by atoms with E-state index in [1.807, 2.05) is 0 Å². The molecule has 4 nitrogen and oxygen atoms in total. The molecule has 0 spiro atoms. The number of ether oxygens (including phenoxy) is 1. The molecule has 1 aliphatic carbocycles. The first kappa shape index (κ1) is 13.1. The fourth-order valence-electron chi connectivity index (χ4n) is 2.43. The minimum absolute atomic E-state index is 0.183. The quantitative estimate of drug-likeness (QED) is 0.815. The van der Waals surface area contributed by atoms with Crippen LogP contribution in [0.2, 0.25) is 0 Å². The molecule has 1 aromatic rings. The van der Waals surface area contributed by atoms with E-state index in [0.717, 1.165) is 6.61 Å². The van der Waals surface area contributed by atoms with Crippen molar-refractivity contribution in [3.05, 3.63) is 23.7 Å². The molecular weight excluding hydrogens is 232 g/mol. The standard InChI is InChI=1S/C14H20O4/c15-14(16)12-7-13(18-9-12)10-17-8-11-5-3-1-2-4-6-11/h7,9,11H,1-6,8,10H2,(H,15,16). The van der Waals surface area contributed by atoms with Gasteiger partial charge in [-0.25, -0.2) is 4.79 Å². The van der Waals surface area contributed by atoms with Crippen molar-refractivity contribution in [2.24, 2.45) is 5.92 Å². The van der Waals surface area contributed by atoms with Gasteiger partial charge in [0.1, 0.15) is 18.6 Å². The molecule has 0 aliphatic heterocycles. The first-order valence-electron chi connectivity index (χ1n) is 6.64. The molecule has 1 fully saturated rings. The summed E-state index contributed by atoms with van der Waals surface area (Å²) in [6.07, 6.45) is 9.05. The van der Waals surface area contributed by atoms with Crippen molar-refractivity contribution in [1.82, 2.24) is 0 Å². The number of hydrogen-bond donors (Lipinski definition) is 1. The smallest absolute Gasteiger partial charge is 0.338 e. The van der Waals surface area contributed by atoms with Crippen LogP contribution in [0.3, 0.4) is 0 Å². The van der Waals surface area contributed by atoms with Gasteiger partial charge in [0.25, 0.3) is 0 Å². The van der Waals surface area contributed by atoms with E-state index < -0.39 is 5.97 Å². The number of carboxylic acid groups (broad SMARTS) is 1. The van der Waals surface area contributed by atoms with Crippen LogP contribution in [0.5, 0.6) is 0 Å². The Morgan fingerprint density at radius 2 is 2.06 bits per heavy atom. The maximum absolute atomic E-state index is 10.7. The Kier molecular flexibility index (Phi) is 4.81. The van der Waals surface area contributed by atoms with Gasteiger partial charge in [0.05, 0.1) is 5.56 Å². The Bertz CT molecular complexity index is 375. The predicted octanol–water partition coefficient (Wildman–Crippen LogP) is 3.46. The van der Waals surface area contributed by atoms with Gasteiger partial charge in [-0.1, -0.05) is 25.7 Å². The van der Waals surface area contributed by atoms with Gasteiger partial charge in [-0.15, -0.1) is 0 Å². The zero-order valence-corrected chi connectivity index (χ0v) is 10.6. The fraction of sp³-hybridized carbons (Fsp3) is 0.643. The minimum atomic E-state index is -0.964. The number of carbonyl (C=O) groups is 1. The Morgan fingerprint density at radius 1 is 1.33 bits per heavy atom. The van der Waals surface area contributed by atoms with E-state index in [1.54, 1.807) is 0 Å². The lowest BCUT2D eigenvalue weighted by molar-refractivity contribution is 0.0696. The van der Waals surface area contributed by atoms with E-state index in [-0.39, 0.29) is 5.56 Å². The van der Waals surface area contributed by atoms with E-state index in [0.29, 0.717) is 18.3 Å². The van der Waals surface area contributed by atoms with Gasteiger partial charge >= 0.3 is 5.97 Å². The Balaban J connectivity index is 1.72. The molecule has 1 N–H and O–H groups in total. The molecule has 0 atom stereocenters. The molecule has 1 aromatic heterocycles. The van der Waals surface area contributed by atoms with E-state index in [2.05, 4.69) is 0 Å². The molecule has 0 unspecified atom stereocenters. The summed E-state index contributed by atoms with van der Waals surface area (Å²) >= 11 is 0. The molecule has 0 radical (unpaired) electrons. The number of carboxylic acids is 1. The van der Waals surface area contributed by atoms with E-state index in [1.165, 1.54) is 50.9 Å². The topological polar surface area (TPSA) is 59.7 Å². The van der Waals surface area contributed by atoms with Crippen LogP contribution < -0.4 is 0 Å². The second-order valence-corrected chi connectivity index (χ2v) is 4.98. The van der Waals surface area contributed by atoms with Crippen LogP contribution >= 0.6 is 0 Å².